The van der Waals surface area contributed by atoms with Crippen molar-refractivity contribution in [1.29, 1.82) is 0 Å². The first-order chi connectivity index (χ1) is 13.8. The van der Waals surface area contributed by atoms with Crippen molar-refractivity contribution in [2.75, 3.05) is 26.2 Å². The maximum Gasteiger partial charge on any atom is 0.191 e. The van der Waals surface area contributed by atoms with Gasteiger partial charge in [-0.05, 0) is 43.0 Å². The number of halogens is 1. The van der Waals surface area contributed by atoms with E-state index in [0.29, 0.717) is 25.7 Å². The summed E-state index contributed by atoms with van der Waals surface area (Å²) in [6, 6.07) is 13.9. The highest BCUT2D eigenvalue weighted by Crippen LogP contribution is 2.29. The summed E-state index contributed by atoms with van der Waals surface area (Å²) in [4.78, 5) is 5.45. The Morgan fingerprint density at radius 1 is 1.24 bits per heavy atom. The quantitative estimate of drug-likeness (QED) is 0.158. The van der Waals surface area contributed by atoms with Crippen LogP contribution in [0.4, 0.5) is 0 Å². The van der Waals surface area contributed by atoms with E-state index in [1.807, 2.05) is 37.3 Å². The molecule has 3 N–H and O–H groups in total. The molecule has 0 saturated carbocycles. The highest BCUT2D eigenvalue weighted by atomic mass is 127. The average Bonchev–Trinajstić information content (AvgIpc) is 3.37. The summed E-state index contributed by atoms with van der Waals surface area (Å²) < 4.78 is 12.0. The van der Waals surface area contributed by atoms with E-state index in [0.717, 1.165) is 35.5 Å². The van der Waals surface area contributed by atoms with Gasteiger partial charge in [0.25, 0.3) is 0 Å². The van der Waals surface area contributed by atoms with E-state index >= 15 is 0 Å². The molecule has 0 aliphatic carbocycles. The first-order valence-corrected chi connectivity index (χ1v) is 10.4. The van der Waals surface area contributed by atoms with Gasteiger partial charge in [-0.25, -0.2) is 0 Å². The molecule has 2 aromatic heterocycles. The molecule has 6 nitrogen and oxygen atoms in total. The fraction of sp³-hybridized carbons (Fsp3) is 0.381. The molecule has 0 saturated heterocycles. The molecule has 3 aromatic rings. The first kappa shape index (κ1) is 23.7. The molecule has 0 aliphatic heterocycles. The average molecular weight is 529 g/mol. The minimum atomic E-state index is -0.607. The molecule has 0 radical (unpaired) electrons. The van der Waals surface area contributed by atoms with Gasteiger partial charge in [-0.15, -0.1) is 35.3 Å². The Labute approximate surface area is 192 Å². The molecule has 3 rings (SSSR count). The number of aliphatic imine (C=N–C) groups is 1. The van der Waals surface area contributed by atoms with Gasteiger partial charge in [0, 0.05) is 29.3 Å². The van der Waals surface area contributed by atoms with E-state index in [1.165, 1.54) is 4.70 Å². The number of nitrogens with zero attached hydrogens (tertiary/aromatic N) is 1. The van der Waals surface area contributed by atoms with Crippen LogP contribution in [0.2, 0.25) is 0 Å². The van der Waals surface area contributed by atoms with Gasteiger partial charge >= 0.3 is 0 Å². The highest BCUT2D eigenvalue weighted by molar-refractivity contribution is 14.0. The summed E-state index contributed by atoms with van der Waals surface area (Å²) in [5, 5.41) is 18.1. The Morgan fingerprint density at radius 2 is 2.10 bits per heavy atom. The number of guanidine groups is 1. The zero-order valence-corrected chi connectivity index (χ0v) is 19.6. The number of rotatable bonds is 10. The van der Waals surface area contributed by atoms with Crippen molar-refractivity contribution in [3.63, 3.8) is 0 Å². The van der Waals surface area contributed by atoms with Crippen LogP contribution in [0.25, 0.3) is 10.1 Å². The maximum atomic E-state index is 10.5. The Balaban J connectivity index is 0.00000300. The maximum absolute atomic E-state index is 10.5. The van der Waals surface area contributed by atoms with Crippen molar-refractivity contribution in [2.45, 2.75) is 26.1 Å². The number of aliphatic hydroxyl groups excluding tert-OH is 1. The lowest BCUT2D eigenvalue weighted by molar-refractivity contribution is 0.105. The van der Waals surface area contributed by atoms with Gasteiger partial charge in [0.15, 0.2) is 5.96 Å². The second kappa shape index (κ2) is 12.8. The SMILES string of the molecule is CCNC(=NCC(O)c1cc2ccccc2s1)NCCCOCc1ccco1.I. The van der Waals surface area contributed by atoms with Crippen molar-refractivity contribution >= 4 is 51.4 Å². The zero-order chi connectivity index (χ0) is 19.6. The topological polar surface area (TPSA) is 79.0 Å². The van der Waals surface area contributed by atoms with Gasteiger partial charge in [-0.1, -0.05) is 18.2 Å². The number of ether oxygens (including phenoxy) is 1. The zero-order valence-electron chi connectivity index (χ0n) is 16.5. The molecular weight excluding hydrogens is 501 g/mol. The van der Waals surface area contributed by atoms with Crippen LogP contribution in [0.5, 0.6) is 0 Å². The van der Waals surface area contributed by atoms with Gasteiger partial charge in [0.1, 0.15) is 18.5 Å². The molecular formula is C21H28IN3O3S. The molecule has 0 aliphatic rings. The molecule has 1 atom stereocenters. The fourth-order valence-corrected chi connectivity index (χ4v) is 3.77. The molecule has 1 unspecified atom stereocenters. The normalized spacial score (nSPS) is 12.6. The molecule has 8 heteroatoms. The number of furan rings is 1. The lowest BCUT2D eigenvalue weighted by Crippen LogP contribution is -2.38. The lowest BCUT2D eigenvalue weighted by atomic mass is 10.2. The van der Waals surface area contributed by atoms with E-state index in [1.54, 1.807) is 17.6 Å². The standard InChI is InChI=1S/C21H27N3O3S.HI/c1-2-22-21(23-10-6-11-26-15-17-8-5-12-27-17)24-14-18(25)20-13-16-7-3-4-9-19(16)28-20;/h3-5,7-9,12-13,18,25H,2,6,10-11,14-15H2,1H3,(H2,22,23,24);1H. The molecule has 0 bridgehead atoms. The van der Waals surface area contributed by atoms with E-state index < -0.39 is 6.10 Å². The summed E-state index contributed by atoms with van der Waals surface area (Å²) in [6.45, 7) is 4.96. The second-order valence-electron chi connectivity index (χ2n) is 6.33. The molecule has 0 fully saturated rings. The third kappa shape index (κ3) is 7.61. The Bertz CT molecular complexity index is 834. The van der Waals surface area contributed by atoms with Gasteiger partial charge in [-0.2, -0.15) is 0 Å². The lowest BCUT2D eigenvalue weighted by Gasteiger charge is -2.12. The summed E-state index contributed by atoms with van der Waals surface area (Å²) in [5.41, 5.74) is 0. The number of fused-ring (bicyclic) bond motifs is 1. The van der Waals surface area contributed by atoms with Crippen LogP contribution in [0, 0.1) is 0 Å². The van der Waals surface area contributed by atoms with E-state index in [4.69, 9.17) is 9.15 Å². The largest absolute Gasteiger partial charge is 0.467 e. The first-order valence-electron chi connectivity index (χ1n) is 9.55. The monoisotopic (exact) mass is 529 g/mol. The van der Waals surface area contributed by atoms with Gasteiger partial charge in [0.2, 0.25) is 0 Å². The van der Waals surface area contributed by atoms with Crippen LogP contribution in [-0.2, 0) is 11.3 Å². The van der Waals surface area contributed by atoms with E-state index in [-0.39, 0.29) is 24.0 Å². The molecule has 29 heavy (non-hydrogen) atoms. The second-order valence-corrected chi connectivity index (χ2v) is 7.45. The van der Waals surface area contributed by atoms with Gasteiger partial charge in [-0.3, -0.25) is 4.99 Å². The molecule has 0 amide bonds. The van der Waals surface area contributed by atoms with Crippen molar-refractivity contribution in [2.24, 2.45) is 4.99 Å². The molecule has 158 valence electrons. The van der Waals surface area contributed by atoms with Crippen molar-refractivity contribution in [1.82, 2.24) is 10.6 Å². The minimum Gasteiger partial charge on any atom is -0.467 e. The Morgan fingerprint density at radius 3 is 2.86 bits per heavy atom. The number of aliphatic hydroxyl groups is 1. The number of hydrogen-bond acceptors (Lipinski definition) is 5. The smallest absolute Gasteiger partial charge is 0.191 e. The van der Waals surface area contributed by atoms with E-state index in [9.17, 15) is 5.11 Å². The van der Waals surface area contributed by atoms with Gasteiger partial charge in [0.05, 0.1) is 12.8 Å². The van der Waals surface area contributed by atoms with Crippen LogP contribution in [-0.4, -0.2) is 37.3 Å². The van der Waals surface area contributed by atoms with Gasteiger partial charge < -0.3 is 24.9 Å². The van der Waals surface area contributed by atoms with Crippen LogP contribution in [0.3, 0.4) is 0 Å². The van der Waals surface area contributed by atoms with Crippen molar-refractivity contribution in [3.8, 4) is 0 Å². The summed E-state index contributed by atoms with van der Waals surface area (Å²) in [6.07, 6.45) is 1.89. The van der Waals surface area contributed by atoms with Crippen molar-refractivity contribution < 1.29 is 14.3 Å². The molecule has 2 heterocycles. The summed E-state index contributed by atoms with van der Waals surface area (Å²) in [5.74, 6) is 1.53. The van der Waals surface area contributed by atoms with E-state index in [2.05, 4.69) is 27.8 Å². The molecule has 1 aromatic carbocycles. The number of benzene rings is 1. The number of hydrogen-bond donors (Lipinski definition) is 3. The predicted octanol–water partition coefficient (Wildman–Crippen LogP) is 4.31. The third-order valence-corrected chi connectivity index (χ3v) is 5.34. The Hall–Kier alpha value is -1.62. The van der Waals surface area contributed by atoms with Crippen LogP contribution >= 0.6 is 35.3 Å². The van der Waals surface area contributed by atoms with Crippen LogP contribution < -0.4 is 10.6 Å². The Kier molecular flexibility index (Phi) is 10.5. The van der Waals surface area contributed by atoms with Crippen LogP contribution in [0.15, 0.2) is 58.1 Å². The van der Waals surface area contributed by atoms with Crippen LogP contribution in [0.1, 0.15) is 30.1 Å². The third-order valence-electron chi connectivity index (χ3n) is 4.12. The predicted molar refractivity (Wildman–Crippen MR) is 129 cm³/mol. The summed E-state index contributed by atoms with van der Waals surface area (Å²) in [7, 11) is 0. The number of thiophene rings is 1. The van der Waals surface area contributed by atoms with Crippen molar-refractivity contribution in [3.05, 3.63) is 59.4 Å². The minimum absolute atomic E-state index is 0. The number of nitrogens with one attached hydrogen (secondary N) is 2. The summed E-state index contributed by atoms with van der Waals surface area (Å²) >= 11 is 1.61. The highest BCUT2D eigenvalue weighted by Gasteiger charge is 2.11. The molecule has 0 spiro atoms. The fourth-order valence-electron chi connectivity index (χ4n) is 2.72.